The number of alkyl halides is 1. The highest BCUT2D eigenvalue weighted by Gasteiger charge is 2.53. The first-order valence-electron chi connectivity index (χ1n) is 13.4. The van der Waals surface area contributed by atoms with E-state index in [1.54, 1.807) is 0 Å². The number of halogens is 1. The van der Waals surface area contributed by atoms with Crippen LogP contribution >= 0.6 is 14.2 Å². The van der Waals surface area contributed by atoms with Gasteiger partial charge < -0.3 is 44.1 Å². The molecular weight excluding hydrogens is 676 g/mol. The van der Waals surface area contributed by atoms with Crippen molar-refractivity contribution < 1.29 is 46.2 Å². The van der Waals surface area contributed by atoms with Crippen LogP contribution in [-0.2, 0) is 48.7 Å². The molecule has 25 heteroatoms. The molecule has 20 nitrogen and oxygen atoms in total. The predicted octanol–water partition coefficient (Wildman–Crippen LogP) is -0.418. The Balaban J connectivity index is 1.22. The lowest BCUT2D eigenvalue weighted by molar-refractivity contribution is -0.0594. The summed E-state index contributed by atoms with van der Waals surface area (Å²) in [6, 6.07) is 0. The summed E-state index contributed by atoms with van der Waals surface area (Å²) in [4.78, 5) is 46.0. The number of fused-ring (bicyclic) bond motifs is 5. The number of nitrogens with two attached hydrogens (primary N) is 2. The average molecular weight is 700 g/mol. The van der Waals surface area contributed by atoms with Crippen LogP contribution in [0.25, 0.3) is 22.3 Å². The number of nitrogen functional groups attached to an aromatic ring is 2. The van der Waals surface area contributed by atoms with Gasteiger partial charge in [0.25, 0.3) is 13.0 Å². The van der Waals surface area contributed by atoms with Gasteiger partial charge in [-0.3, -0.25) is 28.0 Å². The molecule has 3 fully saturated rings. The van der Waals surface area contributed by atoms with Crippen molar-refractivity contribution in [3.05, 3.63) is 29.3 Å². The Morgan fingerprint density at radius 3 is 2.50 bits per heavy atom. The highest BCUT2D eigenvalue weighted by Crippen LogP contribution is 2.54. The maximum atomic E-state index is 16.1. The van der Waals surface area contributed by atoms with Crippen molar-refractivity contribution in [3.63, 3.8) is 0 Å². The van der Waals surface area contributed by atoms with E-state index in [1.807, 2.05) is 0 Å². The average Bonchev–Trinajstić information content (AvgIpc) is 3.75. The van der Waals surface area contributed by atoms with Crippen molar-refractivity contribution in [1.82, 2.24) is 39.0 Å². The summed E-state index contributed by atoms with van der Waals surface area (Å²) in [5.41, 5.74) is 11.2. The van der Waals surface area contributed by atoms with Crippen LogP contribution < -0.4 is 17.0 Å². The second-order valence-electron chi connectivity index (χ2n) is 10.4. The molecular formula is C21H24BFN10O10P2S. The molecule has 0 saturated carbocycles. The molecule has 4 aromatic heterocycles. The standard InChI is InChI=1S/C21H24BFN10O10P2S/c1-37-13-8-3-39-45(36,46)43-12-7(40-19(9(12)23)32-5-28-10-15(24)26-4-27-16(10)32)2-38-44(22,35)42-14(13)20(41-8)33-6-29-11-17(33)30-21(25)31-18(11)34/h4-9,12-14,19-20H,2-3H2,1H3,(H,36,46)(H2,24,26,27)(H3,25,30,31,34)/t7?,8?,9?,12?,13?,14?,19?,20?,44-,45?/m1/s1. The van der Waals surface area contributed by atoms with E-state index >= 15 is 4.39 Å². The maximum Gasteiger partial charge on any atom is 0.325 e. The van der Waals surface area contributed by atoms with E-state index in [0.717, 1.165) is 0 Å². The fraction of sp³-hybridized carbons (Fsp3) is 0.524. The molecule has 244 valence electrons. The van der Waals surface area contributed by atoms with Gasteiger partial charge in [0.05, 0.1) is 25.9 Å². The van der Waals surface area contributed by atoms with Crippen LogP contribution in [0, 0.1) is 0 Å². The van der Waals surface area contributed by atoms with E-state index in [-0.39, 0.29) is 34.1 Å². The monoisotopic (exact) mass is 700 g/mol. The summed E-state index contributed by atoms with van der Waals surface area (Å²) >= 11 is 5.22. The van der Waals surface area contributed by atoms with E-state index in [2.05, 4.69) is 29.9 Å². The zero-order valence-electron chi connectivity index (χ0n) is 23.4. The first-order valence-corrected chi connectivity index (χ1v) is 17.6. The summed E-state index contributed by atoms with van der Waals surface area (Å²) in [5.74, 6) is -0.153. The largest absolute Gasteiger partial charge is 0.382 e. The molecule has 0 aromatic carbocycles. The molecule has 0 aliphatic carbocycles. The maximum absolute atomic E-state index is 16.1. The zero-order chi connectivity index (χ0) is 32.5. The van der Waals surface area contributed by atoms with E-state index in [9.17, 15) is 14.3 Å². The van der Waals surface area contributed by atoms with Gasteiger partial charge in [0.2, 0.25) is 13.5 Å². The summed E-state index contributed by atoms with van der Waals surface area (Å²) in [7, 11) is 2.79. The number of hydrogen-bond donors (Lipinski definition) is 4. The molecule has 9 unspecified atom stereocenters. The molecule has 7 rings (SSSR count). The molecule has 46 heavy (non-hydrogen) atoms. The summed E-state index contributed by atoms with van der Waals surface area (Å²) in [6.07, 6.45) is -7.46. The highest BCUT2D eigenvalue weighted by molar-refractivity contribution is 8.07. The fourth-order valence-corrected chi connectivity index (χ4v) is 7.97. The number of nitrogens with one attached hydrogen (secondary N) is 1. The summed E-state index contributed by atoms with van der Waals surface area (Å²) in [6.45, 7) is -5.36. The van der Waals surface area contributed by atoms with Crippen molar-refractivity contribution in [2.45, 2.75) is 49.1 Å². The predicted molar refractivity (Wildman–Crippen MR) is 157 cm³/mol. The number of imidazole rings is 2. The Labute approximate surface area is 263 Å². The molecule has 3 saturated heterocycles. The molecule has 2 radical (unpaired) electrons. The van der Waals surface area contributed by atoms with Gasteiger partial charge in [-0.2, -0.15) is 4.98 Å². The number of methoxy groups -OCH3 is 1. The van der Waals surface area contributed by atoms with Gasteiger partial charge >= 0.3 is 6.72 Å². The number of aromatic nitrogens is 8. The quantitative estimate of drug-likeness (QED) is 0.156. The number of nitrogens with zero attached hydrogens (tertiary/aromatic N) is 7. The normalized spacial score (nSPS) is 37.1. The van der Waals surface area contributed by atoms with E-state index in [1.165, 1.54) is 35.2 Å². The van der Waals surface area contributed by atoms with Gasteiger partial charge in [-0.25, -0.2) is 24.3 Å². The lowest BCUT2D eigenvalue weighted by atomic mass is 10.1. The first kappa shape index (κ1) is 31.6. The van der Waals surface area contributed by atoms with Crippen molar-refractivity contribution in [1.29, 1.82) is 0 Å². The van der Waals surface area contributed by atoms with Crippen LogP contribution in [0.2, 0.25) is 0 Å². The second kappa shape index (κ2) is 11.6. The van der Waals surface area contributed by atoms with Crippen LogP contribution in [0.1, 0.15) is 12.5 Å². The lowest BCUT2D eigenvalue weighted by Gasteiger charge is -2.28. The highest BCUT2D eigenvalue weighted by atomic mass is 32.5. The smallest absolute Gasteiger partial charge is 0.325 e. The van der Waals surface area contributed by atoms with E-state index < -0.39 is 82.1 Å². The molecule has 10 atom stereocenters. The minimum absolute atomic E-state index is 0.00190. The number of ether oxygens (including phenoxy) is 3. The number of aromatic amines is 1. The van der Waals surface area contributed by atoms with Crippen LogP contribution in [0.15, 0.2) is 23.8 Å². The van der Waals surface area contributed by atoms with E-state index in [0.29, 0.717) is 0 Å². The van der Waals surface area contributed by atoms with Crippen LogP contribution in [0.5, 0.6) is 0 Å². The third-order valence-electron chi connectivity index (χ3n) is 7.55. The molecule has 4 aromatic rings. The van der Waals surface area contributed by atoms with Crippen molar-refractivity contribution >= 4 is 67.7 Å². The van der Waals surface area contributed by atoms with Crippen LogP contribution in [0.3, 0.4) is 0 Å². The lowest BCUT2D eigenvalue weighted by Crippen LogP contribution is -2.37. The molecule has 0 spiro atoms. The van der Waals surface area contributed by atoms with Crippen molar-refractivity contribution in [3.8, 4) is 0 Å². The van der Waals surface area contributed by atoms with Gasteiger partial charge in [-0.05, 0) is 11.8 Å². The fourth-order valence-electron chi connectivity index (χ4n) is 5.56. The van der Waals surface area contributed by atoms with Gasteiger partial charge in [0, 0.05) is 7.11 Å². The van der Waals surface area contributed by atoms with E-state index in [4.69, 9.17) is 63.1 Å². The van der Waals surface area contributed by atoms with Crippen molar-refractivity contribution in [2.75, 3.05) is 31.8 Å². The molecule has 0 amide bonds. The number of anilines is 2. The number of H-pyrrole nitrogens is 1. The van der Waals surface area contributed by atoms with Crippen molar-refractivity contribution in [2.24, 2.45) is 0 Å². The van der Waals surface area contributed by atoms with Crippen LogP contribution in [-0.4, -0.2) is 109 Å². The topological polar surface area (TPSA) is 261 Å². The SMILES string of the molecule is [B][P@@]1(=O)OCC2OC(n3cnc4c(N)ncnc43)C(F)C2OP(O)(=S)OCC2OC(n3cnc4c(=O)[nH]c(N)nc43)C(O1)C2OC. The molecule has 2 bridgehead atoms. The first-order chi connectivity index (χ1) is 21.9. The number of rotatable bonds is 3. The zero-order valence-corrected chi connectivity index (χ0v) is 26.0. The molecule has 6 N–H and O–H groups in total. The Morgan fingerprint density at radius 2 is 1.74 bits per heavy atom. The van der Waals surface area contributed by atoms with Gasteiger partial charge in [0.15, 0.2) is 41.3 Å². The molecule has 7 heterocycles. The van der Waals surface area contributed by atoms with Gasteiger partial charge in [0.1, 0.15) is 42.4 Å². The Hall–Kier alpha value is -2.95. The summed E-state index contributed by atoms with van der Waals surface area (Å²) in [5, 5.41) is 0. The number of hydrogen-bond acceptors (Lipinski definition) is 17. The summed E-state index contributed by atoms with van der Waals surface area (Å²) < 4.78 is 72.3. The van der Waals surface area contributed by atoms with Crippen LogP contribution in [0.4, 0.5) is 16.2 Å². The minimum Gasteiger partial charge on any atom is -0.382 e. The van der Waals surface area contributed by atoms with Gasteiger partial charge in [-0.1, -0.05) is 0 Å². The Kier molecular flexibility index (Phi) is 8.00. The molecule has 3 aliphatic rings. The Bertz CT molecular complexity index is 1970. The molecule has 3 aliphatic heterocycles. The third-order valence-corrected chi connectivity index (χ3v) is 10.2. The van der Waals surface area contributed by atoms with Gasteiger partial charge in [-0.15, -0.1) is 0 Å². The minimum atomic E-state index is -4.54. The second-order valence-corrected chi connectivity index (χ2v) is 14.7. The third kappa shape index (κ3) is 5.54. The Morgan fingerprint density at radius 1 is 1.04 bits per heavy atom.